The third-order valence-corrected chi connectivity index (χ3v) is 1.95. The van der Waals surface area contributed by atoms with E-state index in [1.807, 2.05) is 0 Å². The van der Waals surface area contributed by atoms with Gasteiger partial charge in [0.2, 0.25) is 5.82 Å². The molecule has 0 aliphatic carbocycles. The molecule has 119 valence electrons. The molecule has 0 aliphatic heterocycles. The maximum absolute atomic E-state index is 12.6. The first kappa shape index (κ1) is 20.7. The molecular weight excluding hydrogens is 386 g/mol. The number of alkyl halides is 3. The molecule has 1 radical (unpaired) electrons. The molecule has 1 aromatic rings. The number of hydroxylamine groups is 1. The van der Waals surface area contributed by atoms with E-state index in [2.05, 4.69) is 30.9 Å². The largest absolute Gasteiger partial charge is 0.451 e. The molecule has 0 N–H and O–H groups in total. The molecule has 0 saturated heterocycles. The number of aromatic nitrogens is 2. The number of ether oxygens (including phenoxy) is 1. The molecule has 0 atom stereocenters. The van der Waals surface area contributed by atoms with Crippen molar-refractivity contribution in [2.24, 2.45) is 5.16 Å². The van der Waals surface area contributed by atoms with E-state index in [0.717, 1.165) is 14.2 Å². The van der Waals surface area contributed by atoms with Gasteiger partial charge in [-0.25, -0.2) is 9.78 Å². The van der Waals surface area contributed by atoms with E-state index < -0.39 is 24.0 Å². The minimum Gasteiger partial charge on any atom is -0.451 e. The van der Waals surface area contributed by atoms with Crippen LogP contribution in [0.2, 0.25) is 0 Å². The Bertz CT molecular complexity index is 541. The smallest absolute Gasteiger partial charge is 0.451 e. The molecule has 12 heteroatoms. The van der Waals surface area contributed by atoms with Crippen molar-refractivity contribution in [3.63, 3.8) is 0 Å². The summed E-state index contributed by atoms with van der Waals surface area (Å²) in [6, 6.07) is 0. The SMILES string of the molecule is C[C-]=NOc1nc(C(F)(F)F)ncc1N(OC)C(=O)OC.[Y]. The maximum atomic E-state index is 12.6. The first-order chi connectivity index (χ1) is 9.85. The van der Waals surface area contributed by atoms with Crippen molar-refractivity contribution in [3.8, 4) is 5.88 Å². The van der Waals surface area contributed by atoms with Crippen molar-refractivity contribution in [1.82, 2.24) is 9.97 Å². The summed E-state index contributed by atoms with van der Waals surface area (Å²) >= 11 is 0. The van der Waals surface area contributed by atoms with Crippen molar-refractivity contribution in [1.29, 1.82) is 0 Å². The van der Waals surface area contributed by atoms with Crippen molar-refractivity contribution in [2.75, 3.05) is 19.3 Å². The quantitative estimate of drug-likeness (QED) is 0.439. The van der Waals surface area contributed by atoms with Gasteiger partial charge >= 0.3 is 12.3 Å². The first-order valence-corrected chi connectivity index (χ1v) is 5.25. The Morgan fingerprint density at radius 1 is 1.41 bits per heavy atom. The number of rotatable bonds is 4. The molecule has 0 bridgehead atoms. The zero-order chi connectivity index (χ0) is 16.0. The summed E-state index contributed by atoms with van der Waals surface area (Å²) in [6.07, 6.45) is -2.93. The van der Waals surface area contributed by atoms with Crippen LogP contribution in [-0.2, 0) is 48.5 Å². The summed E-state index contributed by atoms with van der Waals surface area (Å²) < 4.78 is 42.1. The van der Waals surface area contributed by atoms with Gasteiger partial charge < -0.3 is 20.9 Å². The fourth-order valence-corrected chi connectivity index (χ4v) is 1.15. The first-order valence-electron chi connectivity index (χ1n) is 5.25. The van der Waals surface area contributed by atoms with Gasteiger partial charge in [0.05, 0.1) is 20.4 Å². The number of halogens is 3. The number of anilines is 1. The molecule has 1 rings (SSSR count). The molecule has 0 saturated carbocycles. The standard InChI is InChI=1S/C10H10F3N4O4.Y/c1-4-15-21-7-6(17(20-3)9(18)19-2)5-14-8(16-7)10(11,12)13;/h5H,1-3H3;/q-1;. The molecular formula is C10H10F3N4O4Y-. The topological polar surface area (TPSA) is 86.1 Å². The van der Waals surface area contributed by atoms with E-state index in [1.165, 1.54) is 6.92 Å². The van der Waals surface area contributed by atoms with Crippen molar-refractivity contribution < 1.29 is 65.1 Å². The number of amides is 1. The van der Waals surface area contributed by atoms with Gasteiger partial charge in [-0.2, -0.15) is 25.1 Å². The molecule has 0 spiro atoms. The Morgan fingerprint density at radius 2 is 2.05 bits per heavy atom. The molecule has 0 aromatic carbocycles. The van der Waals surface area contributed by atoms with E-state index in [1.54, 1.807) is 0 Å². The van der Waals surface area contributed by atoms with Gasteiger partial charge in [0.1, 0.15) is 0 Å². The van der Waals surface area contributed by atoms with Gasteiger partial charge in [-0.3, -0.25) is 4.84 Å². The summed E-state index contributed by atoms with van der Waals surface area (Å²) in [7, 11) is 2.14. The summed E-state index contributed by atoms with van der Waals surface area (Å²) in [4.78, 5) is 27.0. The number of carbonyl (C=O) groups excluding carboxylic acids is 1. The van der Waals surface area contributed by atoms with Gasteiger partial charge in [-0.15, -0.1) is 5.06 Å². The van der Waals surface area contributed by atoms with Gasteiger partial charge in [0, 0.05) is 32.7 Å². The number of methoxy groups -OCH3 is 1. The molecule has 8 nitrogen and oxygen atoms in total. The van der Waals surface area contributed by atoms with Crippen LogP contribution in [-0.4, -0.2) is 36.5 Å². The second-order valence-electron chi connectivity index (χ2n) is 3.23. The molecule has 22 heavy (non-hydrogen) atoms. The second-order valence-corrected chi connectivity index (χ2v) is 3.23. The van der Waals surface area contributed by atoms with Crippen molar-refractivity contribution in [2.45, 2.75) is 13.1 Å². The van der Waals surface area contributed by atoms with Crippen LogP contribution < -0.4 is 9.90 Å². The predicted molar refractivity (Wildman–Crippen MR) is 62.7 cm³/mol. The average molecular weight is 396 g/mol. The Morgan fingerprint density at radius 3 is 2.50 bits per heavy atom. The fourth-order valence-electron chi connectivity index (χ4n) is 1.15. The molecule has 1 amide bonds. The van der Waals surface area contributed by atoms with Gasteiger partial charge in [-0.05, 0) is 0 Å². The van der Waals surface area contributed by atoms with Crippen LogP contribution in [0.1, 0.15) is 12.7 Å². The molecule has 1 heterocycles. The Balaban J connectivity index is 0.00000441. The molecule has 1 aromatic heterocycles. The third-order valence-electron chi connectivity index (χ3n) is 1.95. The van der Waals surface area contributed by atoms with Crippen LogP contribution >= 0.6 is 0 Å². The van der Waals surface area contributed by atoms with Crippen LogP contribution in [0.15, 0.2) is 11.4 Å². The zero-order valence-corrected chi connectivity index (χ0v) is 14.5. The summed E-state index contributed by atoms with van der Waals surface area (Å²) in [5, 5.41) is 3.69. The predicted octanol–water partition coefficient (Wildman–Crippen LogP) is 1.89. The molecule has 0 unspecified atom stereocenters. The van der Waals surface area contributed by atoms with E-state index in [-0.39, 0.29) is 38.4 Å². The van der Waals surface area contributed by atoms with Crippen molar-refractivity contribution >= 4 is 18.0 Å². The van der Waals surface area contributed by atoms with E-state index in [4.69, 9.17) is 4.84 Å². The summed E-state index contributed by atoms with van der Waals surface area (Å²) in [5.41, 5.74) is -0.323. The molecule has 0 aliphatic rings. The van der Waals surface area contributed by atoms with E-state index in [9.17, 15) is 18.0 Å². The number of nitrogens with zero attached hydrogens (tertiary/aromatic N) is 4. The minimum atomic E-state index is -4.79. The van der Waals surface area contributed by atoms with Crippen LogP contribution in [0.3, 0.4) is 0 Å². The maximum Gasteiger partial charge on any atom is 0.451 e. The van der Waals surface area contributed by atoms with Crippen molar-refractivity contribution in [3.05, 3.63) is 12.0 Å². The average Bonchev–Trinajstić information content (AvgIpc) is 2.45. The second kappa shape index (κ2) is 8.96. The number of carbonyl (C=O) groups is 1. The molecule has 0 fully saturated rings. The van der Waals surface area contributed by atoms with Crippen LogP contribution in [0, 0.1) is 0 Å². The third kappa shape index (κ3) is 5.14. The monoisotopic (exact) mass is 396 g/mol. The zero-order valence-electron chi connectivity index (χ0n) is 11.7. The summed E-state index contributed by atoms with van der Waals surface area (Å²) in [5.74, 6) is -2.12. The van der Waals surface area contributed by atoms with Gasteiger partial charge in [-0.1, -0.05) is 0 Å². The van der Waals surface area contributed by atoms with Crippen LogP contribution in [0.5, 0.6) is 5.88 Å². The van der Waals surface area contributed by atoms with Gasteiger partial charge in [0.25, 0.3) is 5.88 Å². The van der Waals surface area contributed by atoms with Gasteiger partial charge in [0.15, 0.2) is 5.69 Å². The van der Waals surface area contributed by atoms with Crippen LogP contribution in [0.4, 0.5) is 23.7 Å². The Labute approximate surface area is 148 Å². The minimum absolute atomic E-state index is 0. The van der Waals surface area contributed by atoms with E-state index in [0.29, 0.717) is 11.3 Å². The summed E-state index contributed by atoms with van der Waals surface area (Å²) in [6.45, 7) is 1.35. The Kier molecular flexibility index (Phi) is 8.42. The normalized spacial score (nSPS) is 11.0. The van der Waals surface area contributed by atoms with Crippen LogP contribution in [0.25, 0.3) is 0 Å². The van der Waals surface area contributed by atoms with E-state index >= 15 is 0 Å². The fraction of sp³-hybridized carbons (Fsp3) is 0.400. The number of hydrogen-bond acceptors (Lipinski definition) is 7. The number of hydrogen-bond donors (Lipinski definition) is 0. The Hall–Kier alpha value is -1.33.